The number of nitrogens with zero attached hydrogens (tertiary/aromatic N) is 2. The van der Waals surface area contributed by atoms with Crippen molar-refractivity contribution < 1.29 is 4.74 Å². The zero-order chi connectivity index (χ0) is 11.7. The molecule has 17 heavy (non-hydrogen) atoms. The Balaban J connectivity index is 2.07. The minimum absolute atomic E-state index is 0.531. The molecule has 2 aromatic heterocycles. The molecule has 0 amide bonds. The van der Waals surface area contributed by atoms with E-state index < -0.39 is 0 Å². The summed E-state index contributed by atoms with van der Waals surface area (Å²) in [6, 6.07) is 0. The molecule has 1 aliphatic rings. The van der Waals surface area contributed by atoms with E-state index in [1.165, 1.54) is 0 Å². The van der Waals surface area contributed by atoms with E-state index in [1.54, 1.807) is 0 Å². The molecule has 0 bridgehead atoms. The second-order valence-corrected chi connectivity index (χ2v) is 4.14. The molecule has 4 nitrogen and oxygen atoms in total. The number of nitrogens with one attached hydrogen (secondary N) is 1. The topological polar surface area (TPSA) is 50.8 Å². The quantitative estimate of drug-likeness (QED) is 0.879. The van der Waals surface area contributed by atoms with Crippen molar-refractivity contribution in [3.8, 4) is 0 Å². The predicted molar refractivity (Wildman–Crippen MR) is 66.6 cm³/mol. The molecule has 2 aromatic rings. The summed E-state index contributed by atoms with van der Waals surface area (Å²) in [5.41, 5.74) is 4.31. The molecule has 88 valence electrons. The smallest absolute Gasteiger partial charge is 0.133 e. The zero-order valence-electron chi connectivity index (χ0n) is 9.86. The van der Waals surface area contributed by atoms with Gasteiger partial charge in [-0.05, 0) is 19.8 Å². The molecule has 4 heteroatoms. The normalized spacial score (nSPS) is 14.2. The van der Waals surface area contributed by atoms with E-state index in [0.717, 1.165) is 41.0 Å². The van der Waals surface area contributed by atoms with Gasteiger partial charge < -0.3 is 9.72 Å². The third-order valence-corrected chi connectivity index (χ3v) is 2.97. The van der Waals surface area contributed by atoms with Crippen LogP contribution in [-0.4, -0.2) is 21.6 Å². The zero-order valence-corrected chi connectivity index (χ0v) is 9.86. The summed E-state index contributed by atoms with van der Waals surface area (Å²) in [5.74, 6) is 0.871. The maximum Gasteiger partial charge on any atom is 0.133 e. The molecule has 0 saturated heterocycles. The Morgan fingerprint density at radius 3 is 3.29 bits per heavy atom. The average Bonchev–Trinajstić information content (AvgIpc) is 2.79. The van der Waals surface area contributed by atoms with Gasteiger partial charge in [0.25, 0.3) is 0 Å². The largest absolute Gasteiger partial charge is 0.374 e. The summed E-state index contributed by atoms with van der Waals surface area (Å²) < 4.78 is 5.36. The second kappa shape index (κ2) is 4.30. The Hall–Kier alpha value is -1.68. The summed E-state index contributed by atoms with van der Waals surface area (Å²) in [6.45, 7) is 3.21. The van der Waals surface area contributed by atoms with E-state index in [0.29, 0.717) is 13.2 Å². The minimum atomic E-state index is 0.531. The molecule has 0 saturated carbocycles. The van der Waals surface area contributed by atoms with Crippen molar-refractivity contribution >= 4 is 17.1 Å². The Bertz CT molecular complexity index is 571. The third kappa shape index (κ3) is 1.85. The van der Waals surface area contributed by atoms with E-state index in [-0.39, 0.29) is 0 Å². The van der Waals surface area contributed by atoms with Crippen molar-refractivity contribution in [1.29, 1.82) is 0 Å². The van der Waals surface area contributed by atoms with Crippen LogP contribution in [0.5, 0.6) is 0 Å². The summed E-state index contributed by atoms with van der Waals surface area (Å²) in [5, 5.41) is 0. The first-order valence-electron chi connectivity index (χ1n) is 5.99. The minimum Gasteiger partial charge on any atom is -0.374 e. The molecule has 1 aliphatic carbocycles. The van der Waals surface area contributed by atoms with Crippen LogP contribution in [-0.2, 0) is 17.8 Å². The van der Waals surface area contributed by atoms with Crippen LogP contribution in [0, 0.1) is 0 Å². The number of imidazole rings is 1. The van der Waals surface area contributed by atoms with E-state index in [1.807, 2.05) is 13.1 Å². The Morgan fingerprint density at radius 2 is 2.41 bits per heavy atom. The van der Waals surface area contributed by atoms with Gasteiger partial charge in [0, 0.05) is 12.2 Å². The van der Waals surface area contributed by atoms with E-state index in [9.17, 15) is 0 Å². The van der Waals surface area contributed by atoms with Gasteiger partial charge in [-0.2, -0.15) is 0 Å². The highest BCUT2D eigenvalue weighted by atomic mass is 16.5. The highest BCUT2D eigenvalue weighted by molar-refractivity contribution is 5.85. The number of aryl methyl sites for hydroxylation is 1. The van der Waals surface area contributed by atoms with Crippen molar-refractivity contribution in [3.05, 3.63) is 29.4 Å². The summed E-state index contributed by atoms with van der Waals surface area (Å²) in [4.78, 5) is 12.3. The molecule has 0 unspecified atom stereocenters. The number of allylic oxidation sites excluding steroid dienone is 1. The van der Waals surface area contributed by atoms with E-state index >= 15 is 0 Å². The first kappa shape index (κ1) is 10.5. The number of hydrogen-bond donors (Lipinski definition) is 1. The van der Waals surface area contributed by atoms with Crippen molar-refractivity contribution in [3.63, 3.8) is 0 Å². The lowest BCUT2D eigenvalue weighted by atomic mass is 10.0. The predicted octanol–water partition coefficient (Wildman–Crippen LogP) is 2.45. The van der Waals surface area contributed by atoms with Crippen LogP contribution in [0.4, 0.5) is 0 Å². The van der Waals surface area contributed by atoms with Crippen LogP contribution in [0.2, 0.25) is 0 Å². The van der Waals surface area contributed by atoms with Gasteiger partial charge >= 0.3 is 0 Å². The number of rotatable bonds is 3. The van der Waals surface area contributed by atoms with Gasteiger partial charge in [-0.15, -0.1) is 0 Å². The number of hydrogen-bond acceptors (Lipinski definition) is 3. The number of fused-ring (bicyclic) bond motifs is 3. The van der Waals surface area contributed by atoms with Crippen LogP contribution < -0.4 is 0 Å². The summed E-state index contributed by atoms with van der Waals surface area (Å²) in [7, 11) is 0. The molecule has 1 N–H and O–H groups in total. The molecule has 0 atom stereocenters. The molecule has 0 aliphatic heterocycles. The van der Waals surface area contributed by atoms with E-state index in [4.69, 9.17) is 4.74 Å². The molecule has 0 fully saturated rings. The SMILES string of the molecule is CCOCc1nc2c3c(ncc2[nH]1)CCC=C3. The van der Waals surface area contributed by atoms with Crippen molar-refractivity contribution in [2.24, 2.45) is 0 Å². The molecule has 0 aromatic carbocycles. The fourth-order valence-electron chi connectivity index (χ4n) is 2.15. The third-order valence-electron chi connectivity index (χ3n) is 2.97. The van der Waals surface area contributed by atoms with Crippen molar-refractivity contribution in [1.82, 2.24) is 15.0 Å². The maximum atomic E-state index is 5.36. The van der Waals surface area contributed by atoms with Crippen molar-refractivity contribution in [2.45, 2.75) is 26.4 Å². The molecule has 0 spiro atoms. The monoisotopic (exact) mass is 229 g/mol. The Morgan fingerprint density at radius 1 is 1.47 bits per heavy atom. The van der Waals surface area contributed by atoms with E-state index in [2.05, 4.69) is 27.1 Å². The fraction of sp³-hybridized carbons (Fsp3) is 0.385. The fourth-order valence-corrected chi connectivity index (χ4v) is 2.15. The number of aromatic amines is 1. The first-order chi connectivity index (χ1) is 8.38. The van der Waals surface area contributed by atoms with Gasteiger partial charge in [-0.1, -0.05) is 12.2 Å². The highest BCUT2D eigenvalue weighted by Gasteiger charge is 2.13. The Labute approximate surface area is 99.7 Å². The molecular weight excluding hydrogens is 214 g/mol. The lowest BCUT2D eigenvalue weighted by Crippen LogP contribution is -1.98. The molecule has 2 heterocycles. The Kier molecular flexibility index (Phi) is 2.65. The number of H-pyrrole nitrogens is 1. The van der Waals surface area contributed by atoms with Gasteiger partial charge in [-0.25, -0.2) is 4.98 Å². The van der Waals surface area contributed by atoms with Crippen LogP contribution in [0.3, 0.4) is 0 Å². The summed E-state index contributed by atoms with van der Waals surface area (Å²) in [6.07, 6.45) is 8.26. The van der Waals surface area contributed by atoms with Gasteiger partial charge in [0.05, 0.1) is 22.9 Å². The van der Waals surface area contributed by atoms with Crippen LogP contribution in [0.15, 0.2) is 12.3 Å². The molecule has 3 rings (SSSR count). The number of ether oxygens (including phenoxy) is 1. The van der Waals surface area contributed by atoms with Crippen LogP contribution >= 0.6 is 0 Å². The lowest BCUT2D eigenvalue weighted by molar-refractivity contribution is 0.129. The van der Waals surface area contributed by atoms with Gasteiger partial charge in [-0.3, -0.25) is 4.98 Å². The summed E-state index contributed by atoms with van der Waals surface area (Å²) >= 11 is 0. The number of aromatic nitrogens is 3. The second-order valence-electron chi connectivity index (χ2n) is 4.14. The van der Waals surface area contributed by atoms with Crippen LogP contribution in [0.1, 0.15) is 30.4 Å². The number of pyridine rings is 1. The van der Waals surface area contributed by atoms with Gasteiger partial charge in [0.15, 0.2) is 0 Å². The van der Waals surface area contributed by atoms with Gasteiger partial charge in [0.2, 0.25) is 0 Å². The average molecular weight is 229 g/mol. The molecular formula is C13H15N3O. The maximum absolute atomic E-state index is 5.36. The first-order valence-corrected chi connectivity index (χ1v) is 5.99. The van der Waals surface area contributed by atoms with Crippen molar-refractivity contribution in [2.75, 3.05) is 6.61 Å². The lowest BCUT2D eigenvalue weighted by Gasteiger charge is -2.08. The standard InChI is InChI=1S/C13H15N3O/c1-2-17-8-12-15-11-7-14-10-6-4-3-5-9(10)13(11)16-12/h3,5,7H,2,4,6,8H2,1H3,(H,15,16). The van der Waals surface area contributed by atoms with Gasteiger partial charge in [0.1, 0.15) is 12.4 Å². The molecule has 0 radical (unpaired) electrons. The van der Waals surface area contributed by atoms with Crippen LogP contribution in [0.25, 0.3) is 17.1 Å². The highest BCUT2D eigenvalue weighted by Crippen LogP contribution is 2.24.